The van der Waals surface area contributed by atoms with Gasteiger partial charge < -0.3 is 10.6 Å². The molecule has 1 amide bonds. The minimum atomic E-state index is -0.513. The number of carbonyl (C=O) groups is 1. The van der Waals surface area contributed by atoms with Crippen LogP contribution in [0.5, 0.6) is 0 Å². The van der Waals surface area contributed by atoms with Gasteiger partial charge in [-0.1, -0.05) is 37.3 Å². The fraction of sp³-hybridized carbons (Fsp3) is 0.500. The summed E-state index contributed by atoms with van der Waals surface area (Å²) in [5.41, 5.74) is 6.92. The SMILES string of the molecule is CC1CCCN(C(=O)[C@@H](N)c2ccccc2)C1. The first-order valence-electron chi connectivity index (χ1n) is 6.28. The molecule has 3 heteroatoms. The van der Waals surface area contributed by atoms with Gasteiger partial charge in [0, 0.05) is 13.1 Å². The molecule has 17 heavy (non-hydrogen) atoms. The summed E-state index contributed by atoms with van der Waals surface area (Å²) in [5.74, 6) is 0.651. The van der Waals surface area contributed by atoms with E-state index in [4.69, 9.17) is 5.73 Å². The Morgan fingerprint density at radius 2 is 2.12 bits per heavy atom. The van der Waals surface area contributed by atoms with Crippen LogP contribution in [0.15, 0.2) is 30.3 Å². The molecule has 1 saturated heterocycles. The molecule has 1 aliphatic rings. The number of hydrogen-bond donors (Lipinski definition) is 1. The van der Waals surface area contributed by atoms with Gasteiger partial charge in [0.05, 0.1) is 0 Å². The number of likely N-dealkylation sites (tertiary alicyclic amines) is 1. The molecule has 0 aromatic heterocycles. The summed E-state index contributed by atoms with van der Waals surface area (Å²) in [5, 5.41) is 0. The maximum Gasteiger partial charge on any atom is 0.244 e. The van der Waals surface area contributed by atoms with Gasteiger partial charge in [0.1, 0.15) is 6.04 Å². The van der Waals surface area contributed by atoms with Gasteiger partial charge in [-0.05, 0) is 24.3 Å². The van der Waals surface area contributed by atoms with Crippen molar-refractivity contribution in [3.63, 3.8) is 0 Å². The first-order chi connectivity index (χ1) is 8.18. The van der Waals surface area contributed by atoms with Gasteiger partial charge in [0.25, 0.3) is 0 Å². The molecule has 1 aliphatic heterocycles. The highest BCUT2D eigenvalue weighted by Gasteiger charge is 2.25. The van der Waals surface area contributed by atoms with Crippen LogP contribution in [0, 0.1) is 5.92 Å². The number of nitrogens with two attached hydrogens (primary N) is 1. The highest BCUT2D eigenvalue weighted by atomic mass is 16.2. The molecule has 1 fully saturated rings. The van der Waals surface area contributed by atoms with Crippen molar-refractivity contribution < 1.29 is 4.79 Å². The van der Waals surface area contributed by atoms with Crippen LogP contribution in [0.25, 0.3) is 0 Å². The molecule has 2 N–H and O–H groups in total. The van der Waals surface area contributed by atoms with Gasteiger partial charge >= 0.3 is 0 Å². The zero-order chi connectivity index (χ0) is 12.3. The maximum absolute atomic E-state index is 12.2. The van der Waals surface area contributed by atoms with E-state index >= 15 is 0 Å². The van der Waals surface area contributed by atoms with Crippen LogP contribution in [-0.4, -0.2) is 23.9 Å². The van der Waals surface area contributed by atoms with Crippen molar-refractivity contribution >= 4 is 5.91 Å². The lowest BCUT2D eigenvalue weighted by Gasteiger charge is -2.32. The van der Waals surface area contributed by atoms with E-state index in [1.807, 2.05) is 35.2 Å². The zero-order valence-corrected chi connectivity index (χ0v) is 10.3. The Morgan fingerprint density at radius 1 is 1.41 bits per heavy atom. The average Bonchev–Trinajstić information content (AvgIpc) is 2.38. The Labute approximate surface area is 103 Å². The highest BCUT2D eigenvalue weighted by molar-refractivity contribution is 5.83. The summed E-state index contributed by atoms with van der Waals surface area (Å²) in [6, 6.07) is 9.08. The van der Waals surface area contributed by atoms with Crippen LogP contribution in [0.2, 0.25) is 0 Å². The lowest BCUT2D eigenvalue weighted by molar-refractivity contribution is -0.134. The minimum absolute atomic E-state index is 0.0581. The molecule has 3 nitrogen and oxygen atoms in total. The average molecular weight is 232 g/mol. The number of nitrogens with zero attached hydrogens (tertiary/aromatic N) is 1. The van der Waals surface area contributed by atoms with E-state index < -0.39 is 6.04 Å². The van der Waals surface area contributed by atoms with Crippen LogP contribution in [0.3, 0.4) is 0 Å². The Kier molecular flexibility index (Phi) is 3.79. The van der Waals surface area contributed by atoms with Crippen molar-refractivity contribution in [2.75, 3.05) is 13.1 Å². The predicted molar refractivity (Wildman–Crippen MR) is 68.3 cm³/mol. The van der Waals surface area contributed by atoms with Crippen molar-refractivity contribution in [2.24, 2.45) is 11.7 Å². The Hall–Kier alpha value is -1.35. The van der Waals surface area contributed by atoms with E-state index in [2.05, 4.69) is 6.92 Å². The fourth-order valence-corrected chi connectivity index (χ4v) is 2.39. The van der Waals surface area contributed by atoms with Crippen LogP contribution in [0.1, 0.15) is 31.4 Å². The van der Waals surface area contributed by atoms with Crippen molar-refractivity contribution in [2.45, 2.75) is 25.8 Å². The summed E-state index contributed by atoms with van der Waals surface area (Å²) in [6.07, 6.45) is 2.30. The Morgan fingerprint density at radius 3 is 2.76 bits per heavy atom. The number of rotatable bonds is 2. The summed E-state index contributed by atoms with van der Waals surface area (Å²) in [7, 11) is 0. The largest absolute Gasteiger partial charge is 0.341 e. The third-order valence-electron chi connectivity index (χ3n) is 3.39. The van der Waals surface area contributed by atoms with Gasteiger partial charge in [-0.2, -0.15) is 0 Å². The molecule has 1 heterocycles. The first kappa shape index (κ1) is 12.1. The third kappa shape index (κ3) is 2.86. The molecule has 0 bridgehead atoms. The van der Waals surface area contributed by atoms with E-state index in [1.165, 1.54) is 6.42 Å². The molecular formula is C14H20N2O. The second-order valence-electron chi connectivity index (χ2n) is 4.92. The number of benzene rings is 1. The molecule has 0 aliphatic carbocycles. The molecule has 0 saturated carbocycles. The van der Waals surface area contributed by atoms with Crippen LogP contribution >= 0.6 is 0 Å². The van der Waals surface area contributed by atoms with E-state index in [9.17, 15) is 4.79 Å². The summed E-state index contributed by atoms with van der Waals surface area (Å²) in [4.78, 5) is 14.2. The third-order valence-corrected chi connectivity index (χ3v) is 3.39. The molecule has 1 aromatic carbocycles. The van der Waals surface area contributed by atoms with Crippen molar-refractivity contribution in [3.8, 4) is 0 Å². The van der Waals surface area contributed by atoms with Crippen molar-refractivity contribution in [1.29, 1.82) is 0 Å². The molecule has 0 spiro atoms. The lowest BCUT2D eigenvalue weighted by atomic mass is 9.98. The normalized spacial score (nSPS) is 22.2. The second-order valence-corrected chi connectivity index (χ2v) is 4.92. The maximum atomic E-state index is 12.2. The predicted octanol–water partition coefficient (Wildman–Crippen LogP) is 1.94. The fourth-order valence-electron chi connectivity index (χ4n) is 2.39. The van der Waals surface area contributed by atoms with Crippen LogP contribution in [-0.2, 0) is 4.79 Å². The van der Waals surface area contributed by atoms with Gasteiger partial charge in [0.2, 0.25) is 5.91 Å². The number of carbonyl (C=O) groups excluding carboxylic acids is 1. The second kappa shape index (κ2) is 5.32. The van der Waals surface area contributed by atoms with Crippen molar-refractivity contribution in [1.82, 2.24) is 4.90 Å². The molecular weight excluding hydrogens is 212 g/mol. The molecule has 0 radical (unpaired) electrons. The topological polar surface area (TPSA) is 46.3 Å². The quantitative estimate of drug-likeness (QED) is 0.847. The van der Waals surface area contributed by atoms with E-state index in [-0.39, 0.29) is 5.91 Å². The standard InChI is InChI=1S/C14H20N2O/c1-11-6-5-9-16(10-11)14(17)13(15)12-7-3-2-4-8-12/h2-4,7-8,11,13H,5-6,9-10,15H2,1H3/t11?,13-/m0/s1. The summed E-state index contributed by atoms with van der Waals surface area (Å²) < 4.78 is 0. The minimum Gasteiger partial charge on any atom is -0.341 e. The lowest BCUT2D eigenvalue weighted by Crippen LogP contribution is -2.43. The zero-order valence-electron chi connectivity index (χ0n) is 10.3. The van der Waals surface area contributed by atoms with Gasteiger partial charge in [0.15, 0.2) is 0 Å². The highest BCUT2D eigenvalue weighted by Crippen LogP contribution is 2.19. The molecule has 2 atom stereocenters. The molecule has 1 unspecified atom stereocenters. The van der Waals surface area contributed by atoms with Gasteiger partial charge in [-0.3, -0.25) is 4.79 Å². The number of amides is 1. The van der Waals surface area contributed by atoms with Crippen LogP contribution in [0.4, 0.5) is 0 Å². The Balaban J connectivity index is 2.04. The van der Waals surface area contributed by atoms with Gasteiger partial charge in [-0.25, -0.2) is 0 Å². The van der Waals surface area contributed by atoms with Crippen LogP contribution < -0.4 is 5.73 Å². The smallest absolute Gasteiger partial charge is 0.244 e. The van der Waals surface area contributed by atoms with E-state index in [1.54, 1.807) is 0 Å². The molecule has 92 valence electrons. The van der Waals surface area contributed by atoms with E-state index in [0.29, 0.717) is 5.92 Å². The van der Waals surface area contributed by atoms with Gasteiger partial charge in [-0.15, -0.1) is 0 Å². The van der Waals surface area contributed by atoms with E-state index in [0.717, 1.165) is 25.1 Å². The first-order valence-corrected chi connectivity index (χ1v) is 6.28. The number of hydrogen-bond acceptors (Lipinski definition) is 2. The summed E-state index contributed by atoms with van der Waals surface area (Å²) >= 11 is 0. The number of piperidine rings is 1. The molecule has 1 aromatic rings. The summed E-state index contributed by atoms with van der Waals surface area (Å²) in [6.45, 7) is 3.89. The van der Waals surface area contributed by atoms with Crippen molar-refractivity contribution in [3.05, 3.63) is 35.9 Å². The monoisotopic (exact) mass is 232 g/mol. The molecule has 2 rings (SSSR count). The Bertz CT molecular complexity index is 377.